The smallest absolute Gasteiger partial charge is 0.347 e. The van der Waals surface area contributed by atoms with Gasteiger partial charge in [0.2, 0.25) is 0 Å². The summed E-state index contributed by atoms with van der Waals surface area (Å²) in [7, 11) is 0. The third kappa shape index (κ3) is 2.23. The molecule has 0 saturated carbocycles. The number of hydrogen-bond acceptors (Lipinski definition) is 5. The van der Waals surface area contributed by atoms with Gasteiger partial charge in [-0.3, -0.25) is 0 Å². The first-order valence-electron chi connectivity index (χ1n) is 5.26. The molecule has 1 fully saturated rings. The molecule has 16 heavy (non-hydrogen) atoms. The Hall–Kier alpha value is -0.980. The maximum absolute atomic E-state index is 11.0. The summed E-state index contributed by atoms with van der Waals surface area (Å²) in [5.74, 6) is -0.891. The van der Waals surface area contributed by atoms with Crippen LogP contribution in [0.3, 0.4) is 0 Å². The number of hydrogen-bond donors (Lipinski definition) is 2. The van der Waals surface area contributed by atoms with E-state index in [4.69, 9.17) is 9.84 Å². The second-order valence-corrected chi connectivity index (χ2v) is 4.60. The molecule has 88 valence electrons. The number of aryl methyl sites for hydroxylation is 1. The van der Waals surface area contributed by atoms with E-state index in [1.165, 1.54) is 11.3 Å². The molecule has 0 bridgehead atoms. The molecule has 2 N–H and O–H groups in total. The monoisotopic (exact) mass is 242 g/mol. The molecule has 0 aliphatic carbocycles. The summed E-state index contributed by atoms with van der Waals surface area (Å²) in [5.41, 5.74) is 0.667. The Morgan fingerprint density at radius 2 is 2.56 bits per heavy atom. The van der Waals surface area contributed by atoms with E-state index in [1.807, 2.05) is 6.92 Å². The molecule has 0 radical (unpaired) electrons. The van der Waals surface area contributed by atoms with Gasteiger partial charge < -0.3 is 15.2 Å². The molecule has 0 amide bonds. The zero-order chi connectivity index (χ0) is 11.5. The summed E-state index contributed by atoms with van der Waals surface area (Å²) in [5, 5.41) is 13.1. The van der Waals surface area contributed by atoms with Crippen molar-refractivity contribution >= 4 is 17.3 Å². The normalized spacial score (nSPS) is 20.9. The van der Waals surface area contributed by atoms with Crippen LogP contribution in [-0.2, 0) is 11.2 Å². The molecular formula is C10H14N2O3S. The van der Waals surface area contributed by atoms with Crippen LogP contribution in [0.2, 0.25) is 0 Å². The molecule has 5 nitrogen and oxygen atoms in total. The minimum absolute atomic E-state index is 0.0390. The number of carboxylic acid groups (broad SMARTS) is 1. The van der Waals surface area contributed by atoms with Crippen LogP contribution in [0.15, 0.2) is 0 Å². The third-order valence-corrected chi connectivity index (χ3v) is 3.66. The number of aromatic nitrogens is 1. The molecule has 0 aromatic carbocycles. The Morgan fingerprint density at radius 3 is 3.06 bits per heavy atom. The summed E-state index contributed by atoms with van der Waals surface area (Å²) in [6, 6.07) is 0.0390. The van der Waals surface area contributed by atoms with Crippen molar-refractivity contribution in [2.45, 2.75) is 19.4 Å². The van der Waals surface area contributed by atoms with Crippen molar-refractivity contribution in [1.29, 1.82) is 0 Å². The van der Waals surface area contributed by atoms with Gasteiger partial charge in [-0.05, 0) is 6.42 Å². The molecule has 2 heterocycles. The minimum atomic E-state index is -0.891. The Balaban J connectivity index is 2.24. The Morgan fingerprint density at radius 1 is 1.75 bits per heavy atom. The van der Waals surface area contributed by atoms with E-state index < -0.39 is 5.97 Å². The summed E-state index contributed by atoms with van der Waals surface area (Å²) in [6.45, 7) is 3.97. The largest absolute Gasteiger partial charge is 0.477 e. The van der Waals surface area contributed by atoms with Crippen molar-refractivity contribution in [1.82, 2.24) is 10.3 Å². The van der Waals surface area contributed by atoms with Gasteiger partial charge in [0.05, 0.1) is 24.9 Å². The topological polar surface area (TPSA) is 71.5 Å². The lowest BCUT2D eigenvalue weighted by Gasteiger charge is -2.21. The lowest BCUT2D eigenvalue weighted by Crippen LogP contribution is -2.34. The fourth-order valence-corrected chi connectivity index (χ4v) is 2.70. The van der Waals surface area contributed by atoms with E-state index in [1.54, 1.807) is 0 Å². The van der Waals surface area contributed by atoms with E-state index in [9.17, 15) is 4.79 Å². The van der Waals surface area contributed by atoms with E-state index in [0.717, 1.165) is 11.6 Å². The highest BCUT2D eigenvalue weighted by Gasteiger charge is 2.23. The highest BCUT2D eigenvalue weighted by Crippen LogP contribution is 2.25. The first-order valence-corrected chi connectivity index (χ1v) is 6.08. The number of aromatic carboxylic acids is 1. The van der Waals surface area contributed by atoms with Gasteiger partial charge in [0.15, 0.2) is 0 Å². The van der Waals surface area contributed by atoms with Gasteiger partial charge in [-0.15, -0.1) is 11.3 Å². The summed E-state index contributed by atoms with van der Waals surface area (Å²) < 4.78 is 5.34. The van der Waals surface area contributed by atoms with Gasteiger partial charge in [0.1, 0.15) is 9.88 Å². The predicted octanol–water partition coefficient (Wildman–Crippen LogP) is 1.06. The van der Waals surface area contributed by atoms with Crippen LogP contribution in [0, 0.1) is 0 Å². The van der Waals surface area contributed by atoms with E-state index >= 15 is 0 Å². The van der Waals surface area contributed by atoms with Crippen LogP contribution in [0.25, 0.3) is 0 Å². The van der Waals surface area contributed by atoms with Crippen molar-refractivity contribution in [3.63, 3.8) is 0 Å². The zero-order valence-corrected chi connectivity index (χ0v) is 9.84. The Bertz CT molecular complexity index is 385. The minimum Gasteiger partial charge on any atom is -0.477 e. The number of nitrogens with zero attached hydrogens (tertiary/aromatic N) is 1. The molecule has 1 aliphatic heterocycles. The Labute approximate surface area is 97.5 Å². The van der Waals surface area contributed by atoms with E-state index in [-0.39, 0.29) is 6.04 Å². The SMILES string of the molecule is CCc1nc(C2COCCN2)sc1C(=O)O. The fourth-order valence-electron chi connectivity index (χ4n) is 1.65. The standard InChI is InChI=1S/C10H14N2O3S/c1-2-6-8(10(13)14)16-9(12-6)7-5-15-4-3-11-7/h7,11H,2-5H2,1H3,(H,13,14). The number of ether oxygens (including phenoxy) is 1. The lowest BCUT2D eigenvalue weighted by atomic mass is 10.2. The quantitative estimate of drug-likeness (QED) is 0.829. The van der Waals surface area contributed by atoms with Crippen LogP contribution in [0.5, 0.6) is 0 Å². The molecule has 1 aromatic heterocycles. The molecule has 6 heteroatoms. The molecule has 1 saturated heterocycles. The average Bonchev–Trinajstić information content (AvgIpc) is 2.74. The summed E-state index contributed by atoms with van der Waals surface area (Å²) >= 11 is 1.25. The first-order chi connectivity index (χ1) is 7.72. The van der Waals surface area contributed by atoms with Gasteiger partial charge in [0, 0.05) is 6.54 Å². The molecular weight excluding hydrogens is 228 g/mol. The van der Waals surface area contributed by atoms with Crippen LogP contribution in [-0.4, -0.2) is 35.8 Å². The molecule has 1 unspecified atom stereocenters. The average molecular weight is 242 g/mol. The summed E-state index contributed by atoms with van der Waals surface area (Å²) in [4.78, 5) is 15.7. The number of nitrogens with one attached hydrogen (secondary N) is 1. The van der Waals surface area contributed by atoms with Crippen LogP contribution in [0.1, 0.15) is 33.3 Å². The molecule has 0 spiro atoms. The van der Waals surface area contributed by atoms with Crippen molar-refractivity contribution in [2.24, 2.45) is 0 Å². The maximum Gasteiger partial charge on any atom is 0.347 e. The summed E-state index contributed by atoms with van der Waals surface area (Å²) in [6.07, 6.45) is 0.645. The lowest BCUT2D eigenvalue weighted by molar-refractivity contribution is 0.0700. The van der Waals surface area contributed by atoms with Crippen LogP contribution < -0.4 is 5.32 Å². The zero-order valence-electron chi connectivity index (χ0n) is 9.02. The van der Waals surface area contributed by atoms with Crippen molar-refractivity contribution in [3.05, 3.63) is 15.6 Å². The molecule has 2 rings (SSSR count). The molecule has 1 atom stereocenters. The number of morpholine rings is 1. The fraction of sp³-hybridized carbons (Fsp3) is 0.600. The van der Waals surface area contributed by atoms with Crippen molar-refractivity contribution in [2.75, 3.05) is 19.8 Å². The van der Waals surface area contributed by atoms with E-state index in [2.05, 4.69) is 10.3 Å². The van der Waals surface area contributed by atoms with Crippen LogP contribution >= 0.6 is 11.3 Å². The van der Waals surface area contributed by atoms with Crippen LogP contribution in [0.4, 0.5) is 0 Å². The van der Waals surface area contributed by atoms with Gasteiger partial charge in [-0.1, -0.05) is 6.92 Å². The van der Waals surface area contributed by atoms with Crippen molar-refractivity contribution in [3.8, 4) is 0 Å². The first kappa shape index (κ1) is 11.5. The number of rotatable bonds is 3. The van der Waals surface area contributed by atoms with Gasteiger partial charge >= 0.3 is 5.97 Å². The van der Waals surface area contributed by atoms with Gasteiger partial charge in [-0.25, -0.2) is 9.78 Å². The second kappa shape index (κ2) is 4.90. The Kier molecular flexibility index (Phi) is 3.52. The highest BCUT2D eigenvalue weighted by atomic mass is 32.1. The number of carboxylic acids is 1. The number of thiazole rings is 1. The second-order valence-electron chi connectivity index (χ2n) is 3.57. The molecule has 1 aliphatic rings. The van der Waals surface area contributed by atoms with Crippen molar-refractivity contribution < 1.29 is 14.6 Å². The molecule has 1 aromatic rings. The third-order valence-electron chi connectivity index (χ3n) is 2.46. The predicted molar refractivity (Wildman–Crippen MR) is 60.0 cm³/mol. The number of carbonyl (C=O) groups is 1. The van der Waals surface area contributed by atoms with Gasteiger partial charge in [0.25, 0.3) is 0 Å². The van der Waals surface area contributed by atoms with Gasteiger partial charge in [-0.2, -0.15) is 0 Å². The maximum atomic E-state index is 11.0. The highest BCUT2D eigenvalue weighted by molar-refractivity contribution is 7.13. The van der Waals surface area contributed by atoms with E-state index in [0.29, 0.717) is 30.2 Å².